The Bertz CT molecular complexity index is 523. The predicted octanol–water partition coefficient (Wildman–Crippen LogP) is 3.30. The molecule has 0 bridgehead atoms. The number of rotatable bonds is 7. The molecule has 0 amide bonds. The van der Waals surface area contributed by atoms with Crippen LogP contribution in [0.5, 0.6) is 11.5 Å². The normalized spacial score (nSPS) is 12.2. The summed E-state index contributed by atoms with van der Waals surface area (Å²) >= 11 is 1.73. The van der Waals surface area contributed by atoms with E-state index in [1.807, 2.05) is 24.3 Å². The first-order valence-electron chi connectivity index (χ1n) is 6.64. The zero-order valence-corrected chi connectivity index (χ0v) is 12.7. The Kier molecular flexibility index (Phi) is 5.44. The Hall–Kier alpha value is -1.52. The van der Waals surface area contributed by atoms with Crippen molar-refractivity contribution in [3.63, 3.8) is 0 Å². The van der Waals surface area contributed by atoms with Crippen LogP contribution in [0.25, 0.3) is 0 Å². The highest BCUT2D eigenvalue weighted by atomic mass is 32.1. The van der Waals surface area contributed by atoms with Gasteiger partial charge in [0, 0.05) is 4.88 Å². The van der Waals surface area contributed by atoms with Crippen LogP contribution in [0.3, 0.4) is 0 Å². The predicted molar refractivity (Wildman–Crippen MR) is 81.9 cm³/mol. The van der Waals surface area contributed by atoms with Crippen LogP contribution in [-0.2, 0) is 12.8 Å². The molecule has 1 aromatic heterocycles. The van der Waals surface area contributed by atoms with E-state index < -0.39 is 0 Å². The second kappa shape index (κ2) is 7.31. The lowest BCUT2D eigenvalue weighted by Crippen LogP contribution is -2.11. The summed E-state index contributed by atoms with van der Waals surface area (Å²) in [6.45, 7) is 0. The zero-order chi connectivity index (χ0) is 14.4. The van der Waals surface area contributed by atoms with E-state index in [0.717, 1.165) is 18.4 Å². The lowest BCUT2D eigenvalue weighted by atomic mass is 10.0. The fourth-order valence-electron chi connectivity index (χ4n) is 2.15. The summed E-state index contributed by atoms with van der Waals surface area (Å²) in [7, 11) is 3.24. The molecule has 1 atom stereocenters. The maximum absolute atomic E-state index is 10.1. The van der Waals surface area contributed by atoms with Crippen LogP contribution in [0.1, 0.15) is 16.9 Å². The summed E-state index contributed by atoms with van der Waals surface area (Å²) in [6.07, 6.45) is 1.99. The second-order valence-electron chi connectivity index (χ2n) is 4.67. The number of benzene rings is 1. The average Bonchev–Trinajstić information content (AvgIpc) is 2.98. The minimum absolute atomic E-state index is 0.338. The van der Waals surface area contributed by atoms with Crippen molar-refractivity contribution in [2.75, 3.05) is 14.2 Å². The van der Waals surface area contributed by atoms with Crippen LogP contribution in [0.4, 0.5) is 0 Å². The molecule has 0 aliphatic heterocycles. The Balaban J connectivity index is 1.91. The SMILES string of the molecule is COc1ccc(CC(O)CCc2cccs2)cc1OC. The molecule has 1 aromatic carbocycles. The summed E-state index contributed by atoms with van der Waals surface area (Å²) in [5.41, 5.74) is 1.06. The molecule has 4 heteroatoms. The van der Waals surface area contributed by atoms with Gasteiger partial charge in [-0.15, -0.1) is 11.3 Å². The van der Waals surface area contributed by atoms with Gasteiger partial charge >= 0.3 is 0 Å². The highest BCUT2D eigenvalue weighted by molar-refractivity contribution is 7.09. The molecule has 0 aliphatic carbocycles. The molecule has 0 radical (unpaired) electrons. The van der Waals surface area contributed by atoms with Crippen LogP contribution in [0, 0.1) is 0 Å². The van der Waals surface area contributed by atoms with Crippen LogP contribution in [0.2, 0.25) is 0 Å². The van der Waals surface area contributed by atoms with Gasteiger partial charge in [0.05, 0.1) is 20.3 Å². The van der Waals surface area contributed by atoms with Crippen LogP contribution < -0.4 is 9.47 Å². The van der Waals surface area contributed by atoms with Gasteiger partial charge < -0.3 is 14.6 Å². The van der Waals surface area contributed by atoms with E-state index in [2.05, 4.69) is 11.4 Å². The number of aryl methyl sites for hydroxylation is 1. The molecule has 1 N–H and O–H groups in total. The number of hydrogen-bond donors (Lipinski definition) is 1. The molecule has 2 aromatic rings. The molecule has 0 aliphatic rings. The van der Waals surface area contributed by atoms with Crippen LogP contribution in [0.15, 0.2) is 35.7 Å². The Morgan fingerprint density at radius 1 is 1.15 bits per heavy atom. The molecule has 0 saturated heterocycles. The Morgan fingerprint density at radius 3 is 2.60 bits per heavy atom. The molecule has 1 heterocycles. The maximum Gasteiger partial charge on any atom is 0.160 e. The first-order valence-corrected chi connectivity index (χ1v) is 7.52. The number of thiophene rings is 1. The van der Waals surface area contributed by atoms with Crippen molar-refractivity contribution in [1.82, 2.24) is 0 Å². The fraction of sp³-hybridized carbons (Fsp3) is 0.375. The van der Waals surface area contributed by atoms with E-state index in [1.54, 1.807) is 25.6 Å². The number of hydrogen-bond acceptors (Lipinski definition) is 4. The van der Waals surface area contributed by atoms with Crippen LogP contribution >= 0.6 is 11.3 Å². The van der Waals surface area contributed by atoms with Crippen molar-refractivity contribution in [2.24, 2.45) is 0 Å². The van der Waals surface area contributed by atoms with Crippen molar-refractivity contribution in [2.45, 2.75) is 25.4 Å². The van der Waals surface area contributed by atoms with Crippen molar-refractivity contribution < 1.29 is 14.6 Å². The lowest BCUT2D eigenvalue weighted by Gasteiger charge is -2.13. The molecule has 1 unspecified atom stereocenters. The van der Waals surface area contributed by atoms with Gasteiger partial charge in [0.25, 0.3) is 0 Å². The van der Waals surface area contributed by atoms with Gasteiger partial charge in [-0.05, 0) is 48.4 Å². The van der Waals surface area contributed by atoms with Crippen molar-refractivity contribution >= 4 is 11.3 Å². The topological polar surface area (TPSA) is 38.7 Å². The number of aliphatic hydroxyl groups is 1. The molecule has 108 valence electrons. The maximum atomic E-state index is 10.1. The molecule has 2 rings (SSSR count). The zero-order valence-electron chi connectivity index (χ0n) is 11.8. The van der Waals surface area contributed by atoms with Crippen LogP contribution in [-0.4, -0.2) is 25.4 Å². The van der Waals surface area contributed by atoms with Crippen molar-refractivity contribution in [3.05, 3.63) is 46.2 Å². The Morgan fingerprint density at radius 2 is 1.95 bits per heavy atom. The van der Waals surface area contributed by atoms with Crippen molar-refractivity contribution in [3.8, 4) is 11.5 Å². The quantitative estimate of drug-likeness (QED) is 0.851. The van der Waals surface area contributed by atoms with E-state index >= 15 is 0 Å². The molecule has 0 fully saturated rings. The third kappa shape index (κ3) is 3.99. The average molecular weight is 292 g/mol. The standard InChI is InChI=1S/C16H20O3S/c1-18-15-8-5-12(11-16(15)19-2)10-13(17)6-7-14-4-3-9-20-14/h3-5,8-9,11,13,17H,6-7,10H2,1-2H3. The second-order valence-corrected chi connectivity index (χ2v) is 5.70. The van der Waals surface area contributed by atoms with E-state index in [4.69, 9.17) is 9.47 Å². The first kappa shape index (κ1) is 14.9. The minimum atomic E-state index is -0.338. The minimum Gasteiger partial charge on any atom is -0.493 e. The lowest BCUT2D eigenvalue weighted by molar-refractivity contribution is 0.165. The highest BCUT2D eigenvalue weighted by Gasteiger charge is 2.10. The van der Waals surface area contributed by atoms with E-state index in [1.165, 1.54) is 4.88 Å². The van der Waals surface area contributed by atoms with Gasteiger partial charge in [-0.1, -0.05) is 12.1 Å². The molecular formula is C16H20O3S. The van der Waals surface area contributed by atoms with E-state index in [0.29, 0.717) is 17.9 Å². The molecule has 20 heavy (non-hydrogen) atoms. The molecule has 0 spiro atoms. The summed E-state index contributed by atoms with van der Waals surface area (Å²) in [6, 6.07) is 9.91. The third-order valence-electron chi connectivity index (χ3n) is 3.22. The van der Waals surface area contributed by atoms with Gasteiger partial charge in [0.15, 0.2) is 11.5 Å². The van der Waals surface area contributed by atoms with Gasteiger partial charge in [0.1, 0.15) is 0 Å². The summed E-state index contributed by atoms with van der Waals surface area (Å²) in [5.74, 6) is 1.42. The summed E-state index contributed by atoms with van der Waals surface area (Å²) < 4.78 is 10.5. The summed E-state index contributed by atoms with van der Waals surface area (Å²) in [4.78, 5) is 1.32. The smallest absolute Gasteiger partial charge is 0.160 e. The number of aliphatic hydroxyl groups excluding tert-OH is 1. The molecule has 0 saturated carbocycles. The first-order chi connectivity index (χ1) is 9.72. The molecule has 3 nitrogen and oxygen atoms in total. The monoisotopic (exact) mass is 292 g/mol. The largest absolute Gasteiger partial charge is 0.493 e. The van der Waals surface area contributed by atoms with E-state index in [9.17, 15) is 5.11 Å². The fourth-order valence-corrected chi connectivity index (χ4v) is 2.87. The summed E-state index contributed by atoms with van der Waals surface area (Å²) in [5, 5.41) is 12.2. The van der Waals surface area contributed by atoms with Gasteiger partial charge in [-0.3, -0.25) is 0 Å². The Labute approximate surface area is 123 Å². The highest BCUT2D eigenvalue weighted by Crippen LogP contribution is 2.28. The van der Waals surface area contributed by atoms with Gasteiger partial charge in [0.2, 0.25) is 0 Å². The van der Waals surface area contributed by atoms with Gasteiger partial charge in [-0.25, -0.2) is 0 Å². The van der Waals surface area contributed by atoms with Crippen molar-refractivity contribution in [1.29, 1.82) is 0 Å². The number of methoxy groups -OCH3 is 2. The molecular weight excluding hydrogens is 272 g/mol. The van der Waals surface area contributed by atoms with E-state index in [-0.39, 0.29) is 6.10 Å². The third-order valence-corrected chi connectivity index (χ3v) is 4.16. The number of ether oxygens (including phenoxy) is 2. The van der Waals surface area contributed by atoms with Gasteiger partial charge in [-0.2, -0.15) is 0 Å².